The molecule has 1 N–H and O–H groups in total. The largest absolute Gasteiger partial charge is 0.373 e. The summed E-state index contributed by atoms with van der Waals surface area (Å²) < 4.78 is 5.86. The molecule has 1 amide bonds. The Balaban J connectivity index is 1.82. The van der Waals surface area contributed by atoms with Gasteiger partial charge in [-0.05, 0) is 31.5 Å². The molecule has 0 bridgehead atoms. The molecule has 0 unspecified atom stereocenters. The van der Waals surface area contributed by atoms with Gasteiger partial charge in [-0.15, -0.1) is 0 Å². The summed E-state index contributed by atoms with van der Waals surface area (Å²) in [6, 6.07) is 17.2. The lowest BCUT2D eigenvalue weighted by atomic mass is 9.99. The minimum absolute atomic E-state index is 0.0427. The molecule has 4 rings (SSSR count). The van der Waals surface area contributed by atoms with Crippen LogP contribution in [0.2, 0.25) is 0 Å². The third-order valence-electron chi connectivity index (χ3n) is 4.79. The molecule has 2 aliphatic rings. The number of aliphatic imine (C=N–C) groups is 1. The summed E-state index contributed by atoms with van der Waals surface area (Å²) >= 11 is 0. The van der Waals surface area contributed by atoms with Crippen LogP contribution in [0.3, 0.4) is 0 Å². The summed E-state index contributed by atoms with van der Waals surface area (Å²) in [5.74, 6) is -0.0427. The zero-order valence-corrected chi connectivity index (χ0v) is 15.1. The number of ether oxygens (including phenoxy) is 1. The average Bonchev–Trinajstić information content (AvgIpc) is 2.77. The Hall–Kier alpha value is -2.50. The van der Waals surface area contributed by atoms with Gasteiger partial charge in [-0.3, -0.25) is 9.69 Å². The van der Waals surface area contributed by atoms with E-state index in [-0.39, 0.29) is 18.1 Å². The van der Waals surface area contributed by atoms with Crippen molar-refractivity contribution in [2.75, 3.05) is 18.4 Å². The fraction of sp³-hybridized carbons (Fsp3) is 0.333. The van der Waals surface area contributed by atoms with Crippen molar-refractivity contribution in [1.82, 2.24) is 4.90 Å². The average molecular weight is 349 g/mol. The standard InChI is InChI=1S/C21H23N3O2/c1-14-12-24(13-15(2)26-14)20-19(16-8-4-3-5-9-16)22-17-10-6-7-11-18(17)23-21(20)25/h3-11,14-15,20H,12-13H2,1-2H3,(H,23,25)/t14-,15-,20-/m1/s1. The van der Waals surface area contributed by atoms with Gasteiger partial charge < -0.3 is 10.1 Å². The number of morpholine rings is 1. The number of rotatable bonds is 2. The number of hydrogen-bond donors (Lipinski definition) is 1. The lowest BCUT2D eigenvalue weighted by molar-refractivity contribution is -0.124. The maximum absolute atomic E-state index is 13.2. The number of para-hydroxylation sites is 2. The van der Waals surface area contributed by atoms with E-state index in [0.717, 1.165) is 22.6 Å². The number of carbonyl (C=O) groups is 1. The van der Waals surface area contributed by atoms with Crippen molar-refractivity contribution < 1.29 is 9.53 Å². The highest BCUT2D eigenvalue weighted by Gasteiger charge is 2.37. The molecule has 0 aromatic heterocycles. The Bertz CT molecular complexity index is 824. The highest BCUT2D eigenvalue weighted by molar-refractivity contribution is 6.22. The summed E-state index contributed by atoms with van der Waals surface area (Å²) in [6.45, 7) is 5.49. The number of anilines is 1. The highest BCUT2D eigenvalue weighted by atomic mass is 16.5. The van der Waals surface area contributed by atoms with E-state index in [1.807, 2.05) is 68.4 Å². The maximum atomic E-state index is 13.2. The van der Waals surface area contributed by atoms with Gasteiger partial charge in [-0.25, -0.2) is 4.99 Å². The van der Waals surface area contributed by atoms with Gasteiger partial charge in [-0.1, -0.05) is 42.5 Å². The third-order valence-corrected chi connectivity index (χ3v) is 4.79. The molecule has 2 heterocycles. The number of nitrogens with zero attached hydrogens (tertiary/aromatic N) is 2. The number of amides is 1. The Labute approximate surface area is 153 Å². The van der Waals surface area contributed by atoms with Crippen LogP contribution in [-0.4, -0.2) is 47.9 Å². The SMILES string of the molecule is C[C@@H]1CN([C@H]2C(=O)Nc3ccccc3N=C2c2ccccc2)C[C@@H](C)O1. The van der Waals surface area contributed by atoms with Crippen molar-refractivity contribution in [1.29, 1.82) is 0 Å². The van der Waals surface area contributed by atoms with Gasteiger partial charge in [-0.2, -0.15) is 0 Å². The number of benzene rings is 2. The molecule has 0 saturated carbocycles. The molecular weight excluding hydrogens is 326 g/mol. The summed E-state index contributed by atoms with van der Waals surface area (Å²) in [4.78, 5) is 20.3. The van der Waals surface area contributed by atoms with Gasteiger partial charge in [0.05, 0.1) is 29.3 Å². The van der Waals surface area contributed by atoms with Crippen molar-refractivity contribution in [3.63, 3.8) is 0 Å². The molecule has 2 aliphatic heterocycles. The molecular formula is C21H23N3O2. The smallest absolute Gasteiger partial charge is 0.248 e. The Morgan fingerprint density at radius 2 is 1.65 bits per heavy atom. The fourth-order valence-corrected chi connectivity index (χ4v) is 3.79. The first kappa shape index (κ1) is 16.9. The van der Waals surface area contributed by atoms with Crippen LogP contribution in [0.5, 0.6) is 0 Å². The summed E-state index contributed by atoms with van der Waals surface area (Å²) in [5, 5.41) is 3.06. The van der Waals surface area contributed by atoms with Crippen LogP contribution in [0.15, 0.2) is 59.6 Å². The van der Waals surface area contributed by atoms with E-state index >= 15 is 0 Å². The van der Waals surface area contributed by atoms with E-state index in [9.17, 15) is 4.79 Å². The number of carbonyl (C=O) groups excluding carboxylic acids is 1. The first-order valence-corrected chi connectivity index (χ1v) is 9.05. The summed E-state index contributed by atoms with van der Waals surface area (Å²) in [5.41, 5.74) is 3.30. The highest BCUT2D eigenvalue weighted by Crippen LogP contribution is 2.30. The van der Waals surface area contributed by atoms with E-state index < -0.39 is 6.04 Å². The van der Waals surface area contributed by atoms with E-state index in [1.165, 1.54) is 0 Å². The van der Waals surface area contributed by atoms with Gasteiger partial charge in [0.25, 0.3) is 0 Å². The number of fused-ring (bicyclic) bond motifs is 1. The second-order valence-corrected chi connectivity index (χ2v) is 6.98. The van der Waals surface area contributed by atoms with Crippen molar-refractivity contribution in [2.24, 2.45) is 4.99 Å². The quantitative estimate of drug-likeness (QED) is 0.906. The maximum Gasteiger partial charge on any atom is 0.248 e. The molecule has 26 heavy (non-hydrogen) atoms. The number of hydrogen-bond acceptors (Lipinski definition) is 4. The van der Waals surface area contributed by atoms with Gasteiger partial charge in [0.1, 0.15) is 6.04 Å². The molecule has 5 heteroatoms. The first-order valence-electron chi connectivity index (χ1n) is 9.05. The van der Waals surface area contributed by atoms with Gasteiger partial charge >= 0.3 is 0 Å². The van der Waals surface area contributed by atoms with E-state index in [1.54, 1.807) is 0 Å². The summed E-state index contributed by atoms with van der Waals surface area (Å²) in [7, 11) is 0. The zero-order valence-electron chi connectivity index (χ0n) is 15.1. The van der Waals surface area contributed by atoms with Crippen LogP contribution in [0.1, 0.15) is 19.4 Å². The molecule has 0 spiro atoms. The lowest BCUT2D eigenvalue weighted by Crippen LogP contribution is -2.56. The molecule has 2 aromatic rings. The molecule has 5 nitrogen and oxygen atoms in total. The van der Waals surface area contributed by atoms with Crippen LogP contribution in [0.4, 0.5) is 11.4 Å². The second-order valence-electron chi connectivity index (χ2n) is 6.98. The molecule has 2 aromatic carbocycles. The molecule has 0 aliphatic carbocycles. The monoisotopic (exact) mass is 349 g/mol. The van der Waals surface area contributed by atoms with Crippen molar-refractivity contribution in [3.8, 4) is 0 Å². The Kier molecular flexibility index (Phi) is 4.57. The predicted octanol–water partition coefficient (Wildman–Crippen LogP) is 3.24. The predicted molar refractivity (Wildman–Crippen MR) is 103 cm³/mol. The Morgan fingerprint density at radius 1 is 1.00 bits per heavy atom. The molecule has 3 atom stereocenters. The fourth-order valence-electron chi connectivity index (χ4n) is 3.79. The number of nitrogens with one attached hydrogen (secondary N) is 1. The van der Waals surface area contributed by atoms with E-state index in [0.29, 0.717) is 13.1 Å². The second kappa shape index (κ2) is 7.02. The van der Waals surface area contributed by atoms with E-state index in [4.69, 9.17) is 9.73 Å². The van der Waals surface area contributed by atoms with Crippen LogP contribution >= 0.6 is 0 Å². The molecule has 0 radical (unpaired) electrons. The molecule has 1 fully saturated rings. The lowest BCUT2D eigenvalue weighted by Gasteiger charge is -2.39. The van der Waals surface area contributed by atoms with Gasteiger partial charge in [0.2, 0.25) is 5.91 Å². The third kappa shape index (κ3) is 3.28. The van der Waals surface area contributed by atoms with Crippen LogP contribution in [0, 0.1) is 0 Å². The van der Waals surface area contributed by atoms with Crippen LogP contribution < -0.4 is 5.32 Å². The van der Waals surface area contributed by atoms with Crippen LogP contribution in [-0.2, 0) is 9.53 Å². The van der Waals surface area contributed by atoms with Gasteiger partial charge in [0, 0.05) is 13.1 Å². The first-order chi connectivity index (χ1) is 12.6. The van der Waals surface area contributed by atoms with E-state index in [2.05, 4.69) is 10.2 Å². The van der Waals surface area contributed by atoms with Gasteiger partial charge in [0.15, 0.2) is 0 Å². The molecule has 1 saturated heterocycles. The van der Waals surface area contributed by atoms with Crippen LogP contribution in [0.25, 0.3) is 0 Å². The van der Waals surface area contributed by atoms with Crippen molar-refractivity contribution in [2.45, 2.75) is 32.1 Å². The summed E-state index contributed by atoms with van der Waals surface area (Å²) in [6.07, 6.45) is 0.156. The zero-order chi connectivity index (χ0) is 18.1. The molecule has 134 valence electrons. The Morgan fingerprint density at radius 3 is 2.38 bits per heavy atom. The normalized spacial score (nSPS) is 26.5. The topological polar surface area (TPSA) is 53.9 Å². The minimum Gasteiger partial charge on any atom is -0.373 e. The van der Waals surface area contributed by atoms with Crippen molar-refractivity contribution in [3.05, 3.63) is 60.2 Å². The minimum atomic E-state index is -0.446. The van der Waals surface area contributed by atoms with Crippen molar-refractivity contribution >= 4 is 23.0 Å².